The average Bonchev–Trinajstić information content (AvgIpc) is 4.02. The third kappa shape index (κ3) is 7.84. The summed E-state index contributed by atoms with van der Waals surface area (Å²) in [6.45, 7) is 5.98. The lowest BCUT2D eigenvalue weighted by Crippen LogP contribution is -2.72. The summed E-state index contributed by atoms with van der Waals surface area (Å²) in [5, 5.41) is 2.63. The quantitative estimate of drug-likeness (QED) is 0.0888. The molecule has 1 spiro atoms. The molecule has 0 saturated carbocycles. The molecule has 0 aliphatic carbocycles. The number of carbonyl (C=O) groups excluding carboxylic acids is 4. The first-order valence-corrected chi connectivity index (χ1v) is 24.3. The monoisotopic (exact) mass is 953 g/mol. The number of hydrogen-bond donors (Lipinski definition) is 3. The second-order valence-corrected chi connectivity index (χ2v) is 20.8. The van der Waals surface area contributed by atoms with Gasteiger partial charge < -0.3 is 24.6 Å². The molecule has 5 saturated heterocycles. The van der Waals surface area contributed by atoms with E-state index < -0.39 is 69.4 Å². The van der Waals surface area contributed by atoms with Gasteiger partial charge in [0.15, 0.2) is 5.82 Å². The summed E-state index contributed by atoms with van der Waals surface area (Å²) in [6, 6.07) is 13.7. The Kier molecular flexibility index (Phi) is 10.8. The molecule has 354 valence electrons. The van der Waals surface area contributed by atoms with Crippen molar-refractivity contribution in [1.29, 1.82) is 0 Å². The molecule has 11 rings (SSSR count). The molecule has 68 heavy (non-hydrogen) atoms. The van der Waals surface area contributed by atoms with E-state index in [4.69, 9.17) is 0 Å². The molecule has 6 aliphatic rings. The van der Waals surface area contributed by atoms with Crippen molar-refractivity contribution < 1.29 is 45.2 Å². The Morgan fingerprint density at radius 2 is 1.63 bits per heavy atom. The van der Waals surface area contributed by atoms with Crippen LogP contribution < -0.4 is 19.8 Å². The summed E-state index contributed by atoms with van der Waals surface area (Å²) in [5.74, 6) is -4.77. The van der Waals surface area contributed by atoms with Gasteiger partial charge in [0.05, 0.1) is 16.9 Å². The van der Waals surface area contributed by atoms with E-state index in [0.717, 1.165) is 73.3 Å². The van der Waals surface area contributed by atoms with Crippen molar-refractivity contribution in [1.82, 2.24) is 29.4 Å². The zero-order valence-electron chi connectivity index (χ0n) is 36.7. The lowest BCUT2D eigenvalue weighted by atomic mass is 9.72. The fraction of sp³-hybridized carbons (Fsp3) is 0.396. The van der Waals surface area contributed by atoms with E-state index in [1.165, 1.54) is 17.2 Å². The van der Waals surface area contributed by atoms with Gasteiger partial charge >= 0.3 is 10.2 Å². The van der Waals surface area contributed by atoms with Crippen LogP contribution in [0.4, 0.5) is 34.6 Å². The Morgan fingerprint density at radius 1 is 0.868 bits per heavy atom. The minimum absolute atomic E-state index is 0.00156. The molecule has 0 unspecified atom stereocenters. The fourth-order valence-electron chi connectivity index (χ4n) is 11.0. The first-order valence-electron chi connectivity index (χ1n) is 22.8. The molecule has 2 atom stereocenters. The predicted octanol–water partition coefficient (Wildman–Crippen LogP) is 5.38. The van der Waals surface area contributed by atoms with Crippen LogP contribution >= 0.6 is 0 Å². The Morgan fingerprint density at radius 3 is 2.35 bits per heavy atom. The van der Waals surface area contributed by atoms with Gasteiger partial charge in [-0.15, -0.1) is 0 Å². The van der Waals surface area contributed by atoms with Crippen LogP contribution in [0.3, 0.4) is 0 Å². The number of H-pyrrole nitrogens is 1. The number of aromatic amines is 1. The van der Waals surface area contributed by atoms with Gasteiger partial charge in [-0.1, -0.05) is 12.1 Å². The number of hydrogen-bond acceptors (Lipinski definition) is 10. The third-order valence-corrected chi connectivity index (χ3v) is 16.1. The number of ketones is 1. The van der Waals surface area contributed by atoms with E-state index >= 15 is 13.2 Å². The summed E-state index contributed by atoms with van der Waals surface area (Å²) in [5.41, 5.74) is 2.91. The maximum absolute atomic E-state index is 15.8. The highest BCUT2D eigenvalue weighted by molar-refractivity contribution is 7.90. The molecular weight excluding hydrogens is 907 g/mol. The normalized spacial score (nSPS) is 22.2. The molecule has 3 N–H and O–H groups in total. The summed E-state index contributed by atoms with van der Waals surface area (Å²) < 4.78 is 88.6. The van der Waals surface area contributed by atoms with Gasteiger partial charge in [0.2, 0.25) is 17.6 Å². The van der Waals surface area contributed by atoms with Gasteiger partial charge in [-0.3, -0.25) is 29.2 Å². The second kappa shape index (κ2) is 16.7. The van der Waals surface area contributed by atoms with Crippen molar-refractivity contribution in [2.45, 2.75) is 50.9 Å². The highest BCUT2D eigenvalue weighted by Crippen LogP contribution is 2.43. The molecule has 8 heterocycles. The van der Waals surface area contributed by atoms with E-state index in [9.17, 15) is 32.0 Å². The maximum atomic E-state index is 15.8. The van der Waals surface area contributed by atoms with Crippen LogP contribution in [0.2, 0.25) is 0 Å². The minimum Gasteiger partial charge on any atom is -0.370 e. The number of amides is 3. The maximum Gasteiger partial charge on any atom is 0.301 e. The Hall–Kier alpha value is -6.38. The number of rotatable bonds is 11. The van der Waals surface area contributed by atoms with Gasteiger partial charge in [0, 0.05) is 117 Å². The second-order valence-electron chi connectivity index (χ2n) is 19.2. The van der Waals surface area contributed by atoms with Crippen LogP contribution in [-0.2, 0) is 26.3 Å². The average molecular weight is 954 g/mol. The first kappa shape index (κ1) is 44.1. The number of halogens is 4. The molecule has 3 amide bonds. The van der Waals surface area contributed by atoms with E-state index in [2.05, 4.69) is 30.0 Å². The number of alkyl halides is 1. The number of likely N-dealkylation sites (tertiary alicyclic amines) is 1. The molecule has 15 nitrogen and oxygen atoms in total. The molecule has 0 bridgehead atoms. The number of fused-ring (bicyclic) bond motifs is 2. The molecule has 0 radical (unpaired) electrons. The van der Waals surface area contributed by atoms with Gasteiger partial charge in [-0.25, -0.2) is 22.5 Å². The smallest absolute Gasteiger partial charge is 0.301 e. The predicted molar refractivity (Wildman–Crippen MR) is 243 cm³/mol. The fourth-order valence-corrected chi connectivity index (χ4v) is 12.3. The van der Waals surface area contributed by atoms with Crippen LogP contribution in [0.15, 0.2) is 67.0 Å². The van der Waals surface area contributed by atoms with E-state index in [0.29, 0.717) is 46.9 Å². The molecule has 2 aromatic heterocycles. The van der Waals surface area contributed by atoms with Crippen molar-refractivity contribution >= 4 is 61.8 Å². The van der Waals surface area contributed by atoms with Crippen LogP contribution in [0.25, 0.3) is 22.2 Å². The summed E-state index contributed by atoms with van der Waals surface area (Å²) in [7, 11) is -4.36. The zero-order chi connectivity index (χ0) is 47.2. The summed E-state index contributed by atoms with van der Waals surface area (Å²) in [4.78, 5) is 66.7. The number of aromatic nitrogens is 2. The number of carbonyl (C=O) groups is 4. The number of anilines is 3. The third-order valence-electron chi connectivity index (χ3n) is 14.6. The van der Waals surface area contributed by atoms with Crippen LogP contribution in [0.1, 0.15) is 63.9 Å². The van der Waals surface area contributed by atoms with Gasteiger partial charge in [-0.05, 0) is 85.2 Å². The first-order chi connectivity index (χ1) is 32.6. The van der Waals surface area contributed by atoms with Gasteiger partial charge in [0.1, 0.15) is 29.5 Å². The molecular formula is C48H47F4N9O6S. The SMILES string of the molecule is O=C1CC[C@@H](N2Cc3cc(N4CCC(CN5CC6(C5)CN(c5ccc(-c7cnc8[nH]cc(C(=O)c9c(F)ccc(NS(=O)(=O)N%10CC[C@@H](F)C%10)c9F)c8c7)cc5)C6)CC4)c(F)cc3C2=O)C(=O)N1. The summed E-state index contributed by atoms with van der Waals surface area (Å²) >= 11 is 0. The molecule has 5 aromatic rings. The standard InChI is InChI=1S/C48H47F4N9O6S/c49-31-11-14-60(22-31)68(66,67)56-38-6-5-36(50)42(43(38)52)44(63)35-19-54-45-34(35)15-29(18-53-45)28-1-3-32(4-2-28)59-25-48(26-59)23-57(24-48)20-27-9-12-58(13-10-27)40-16-30-21-61(47(65)33(30)17-37(40)51)39-7-8-41(62)55-46(39)64/h1-6,15-19,27,31,39,56H,7-14,20-26H2,(H,53,54)(H,55,62,64)/t31-,39-/m1/s1. The Bertz CT molecular complexity index is 3020. The topological polar surface area (TPSA) is 171 Å². The number of imide groups is 1. The number of piperidine rings is 2. The van der Waals surface area contributed by atoms with Crippen molar-refractivity contribution in [3.05, 3.63) is 107 Å². The largest absolute Gasteiger partial charge is 0.370 e. The van der Waals surface area contributed by atoms with Crippen molar-refractivity contribution in [2.75, 3.05) is 73.4 Å². The highest BCUT2D eigenvalue weighted by atomic mass is 32.2. The van der Waals surface area contributed by atoms with Crippen molar-refractivity contribution in [3.63, 3.8) is 0 Å². The lowest BCUT2D eigenvalue weighted by Gasteiger charge is -2.61. The Labute approximate surface area is 388 Å². The molecule has 20 heteroatoms. The summed E-state index contributed by atoms with van der Waals surface area (Å²) in [6.07, 6.45) is 3.85. The highest BCUT2D eigenvalue weighted by Gasteiger charge is 2.52. The Balaban J connectivity index is 0.675. The number of pyridine rings is 1. The number of nitrogens with zero attached hydrogens (tertiary/aromatic N) is 6. The number of nitrogens with one attached hydrogen (secondary N) is 3. The zero-order valence-corrected chi connectivity index (χ0v) is 37.6. The van der Waals surface area contributed by atoms with Crippen LogP contribution in [0, 0.1) is 28.8 Å². The minimum atomic E-state index is -4.36. The van der Waals surface area contributed by atoms with Gasteiger partial charge in [-0.2, -0.15) is 12.7 Å². The van der Waals surface area contributed by atoms with E-state index in [1.54, 1.807) is 18.3 Å². The van der Waals surface area contributed by atoms with Crippen LogP contribution in [-0.4, -0.2) is 127 Å². The van der Waals surface area contributed by atoms with Crippen molar-refractivity contribution in [3.8, 4) is 11.1 Å². The molecule has 3 aromatic carbocycles. The van der Waals surface area contributed by atoms with E-state index in [-0.39, 0.29) is 60.7 Å². The molecule has 6 aliphatic heterocycles. The van der Waals surface area contributed by atoms with Crippen molar-refractivity contribution in [2.24, 2.45) is 11.3 Å². The molecule has 5 fully saturated rings. The van der Waals surface area contributed by atoms with E-state index in [1.807, 2.05) is 29.0 Å². The van der Waals surface area contributed by atoms with Crippen LogP contribution in [0.5, 0.6) is 0 Å². The number of benzene rings is 3. The lowest BCUT2D eigenvalue weighted by molar-refractivity contribution is -0.136. The van der Waals surface area contributed by atoms with Gasteiger partial charge in [0.25, 0.3) is 5.91 Å².